The van der Waals surface area contributed by atoms with Gasteiger partial charge in [0.1, 0.15) is 11.5 Å². The molecule has 6 nitrogen and oxygen atoms in total. The molecule has 4 rings (SSSR count). The molecule has 0 saturated heterocycles. The van der Waals surface area contributed by atoms with E-state index >= 15 is 0 Å². The molecule has 6 heteroatoms. The van der Waals surface area contributed by atoms with E-state index in [-0.39, 0.29) is 12.0 Å². The van der Waals surface area contributed by atoms with Crippen molar-refractivity contribution >= 4 is 23.0 Å². The highest BCUT2D eigenvalue weighted by molar-refractivity contribution is 5.96. The standard InChI is InChI=1S/C26H34N2O4/c1-6-17-11-10-15-27-16-14-19-18-12-8-9-13-20(18)28(25(30)32-26(3,4)5)23(19)21(22(17)27)24(29)31-7-2/h8-9,11-13,21-22H,6-7,10,14-16H2,1-5H3/t21-,22-/m0/s1. The largest absolute Gasteiger partial charge is 0.465 e. The molecule has 0 aliphatic carbocycles. The first-order valence-corrected chi connectivity index (χ1v) is 11.7. The number of benzene rings is 1. The van der Waals surface area contributed by atoms with E-state index in [4.69, 9.17) is 9.47 Å². The van der Waals surface area contributed by atoms with Crippen LogP contribution in [0.4, 0.5) is 4.79 Å². The first-order valence-electron chi connectivity index (χ1n) is 11.7. The maximum absolute atomic E-state index is 13.5. The van der Waals surface area contributed by atoms with Crippen molar-refractivity contribution < 1.29 is 19.1 Å². The van der Waals surface area contributed by atoms with Crippen LogP contribution < -0.4 is 0 Å². The summed E-state index contributed by atoms with van der Waals surface area (Å²) < 4.78 is 13.1. The van der Waals surface area contributed by atoms with Gasteiger partial charge in [-0.05, 0) is 58.6 Å². The van der Waals surface area contributed by atoms with Crippen molar-refractivity contribution in [3.63, 3.8) is 0 Å². The van der Waals surface area contributed by atoms with E-state index in [0.29, 0.717) is 6.61 Å². The minimum atomic E-state index is -0.648. The third kappa shape index (κ3) is 3.96. The molecule has 1 aromatic carbocycles. The van der Waals surface area contributed by atoms with E-state index in [2.05, 4.69) is 17.9 Å². The third-order valence-corrected chi connectivity index (χ3v) is 6.40. The summed E-state index contributed by atoms with van der Waals surface area (Å²) in [5.41, 5.74) is 3.16. The van der Waals surface area contributed by atoms with Crippen molar-refractivity contribution in [3.8, 4) is 0 Å². The molecule has 2 aliphatic rings. The van der Waals surface area contributed by atoms with Gasteiger partial charge in [-0.1, -0.05) is 36.8 Å². The summed E-state index contributed by atoms with van der Waals surface area (Å²) in [7, 11) is 0. The van der Waals surface area contributed by atoms with E-state index in [0.717, 1.165) is 54.5 Å². The molecule has 0 spiro atoms. The first kappa shape index (κ1) is 22.6. The lowest BCUT2D eigenvalue weighted by Gasteiger charge is -2.38. The molecule has 0 amide bonds. The number of carbonyl (C=O) groups excluding carboxylic acids is 2. The van der Waals surface area contributed by atoms with Gasteiger partial charge in [-0.3, -0.25) is 9.69 Å². The number of para-hydroxylation sites is 1. The number of esters is 1. The molecule has 0 unspecified atom stereocenters. The first-order chi connectivity index (χ1) is 15.3. The molecular weight excluding hydrogens is 404 g/mol. The number of rotatable bonds is 3. The number of hydrogen-bond acceptors (Lipinski definition) is 5. The van der Waals surface area contributed by atoms with Crippen LogP contribution in [-0.2, 0) is 20.7 Å². The Bertz CT molecular complexity index is 1060. The fraction of sp³-hybridized carbons (Fsp3) is 0.538. The predicted molar refractivity (Wildman–Crippen MR) is 125 cm³/mol. The predicted octanol–water partition coefficient (Wildman–Crippen LogP) is 5.04. The maximum atomic E-state index is 13.5. The van der Waals surface area contributed by atoms with E-state index in [9.17, 15) is 9.59 Å². The van der Waals surface area contributed by atoms with E-state index in [1.807, 2.05) is 52.0 Å². The van der Waals surface area contributed by atoms with Gasteiger partial charge in [0, 0.05) is 30.2 Å². The Morgan fingerprint density at radius 3 is 2.56 bits per heavy atom. The molecule has 32 heavy (non-hydrogen) atoms. The van der Waals surface area contributed by atoms with Gasteiger partial charge in [-0.2, -0.15) is 0 Å². The summed E-state index contributed by atoms with van der Waals surface area (Å²) in [6.45, 7) is 11.6. The van der Waals surface area contributed by atoms with Crippen LogP contribution in [0.3, 0.4) is 0 Å². The fourth-order valence-electron chi connectivity index (χ4n) is 5.24. The summed E-state index contributed by atoms with van der Waals surface area (Å²) in [4.78, 5) is 29.4. The second-order valence-corrected chi connectivity index (χ2v) is 9.58. The molecule has 3 heterocycles. The summed E-state index contributed by atoms with van der Waals surface area (Å²) >= 11 is 0. The van der Waals surface area contributed by atoms with Gasteiger partial charge in [0.25, 0.3) is 0 Å². The number of carbonyl (C=O) groups is 2. The van der Waals surface area contributed by atoms with Gasteiger partial charge >= 0.3 is 12.1 Å². The van der Waals surface area contributed by atoms with Crippen molar-refractivity contribution in [1.29, 1.82) is 0 Å². The zero-order valence-corrected chi connectivity index (χ0v) is 19.8. The van der Waals surface area contributed by atoms with Crippen LogP contribution >= 0.6 is 0 Å². The summed E-state index contributed by atoms with van der Waals surface area (Å²) in [5.74, 6) is -0.863. The minimum absolute atomic E-state index is 0.112. The monoisotopic (exact) mass is 438 g/mol. The molecule has 2 atom stereocenters. The van der Waals surface area contributed by atoms with Gasteiger partial charge < -0.3 is 9.47 Å². The fourth-order valence-corrected chi connectivity index (χ4v) is 5.24. The van der Waals surface area contributed by atoms with Crippen LogP contribution in [0.25, 0.3) is 10.9 Å². The molecular formula is C26H34N2O4. The number of fused-ring (bicyclic) bond motifs is 4. The van der Waals surface area contributed by atoms with Crippen LogP contribution in [0.15, 0.2) is 35.9 Å². The lowest BCUT2D eigenvalue weighted by molar-refractivity contribution is -0.146. The zero-order chi connectivity index (χ0) is 23.0. The zero-order valence-electron chi connectivity index (χ0n) is 19.8. The molecule has 172 valence electrons. The summed E-state index contributed by atoms with van der Waals surface area (Å²) in [5, 5.41) is 1.00. The van der Waals surface area contributed by atoms with Crippen molar-refractivity contribution in [3.05, 3.63) is 47.2 Å². The second-order valence-electron chi connectivity index (χ2n) is 9.58. The maximum Gasteiger partial charge on any atom is 0.419 e. The third-order valence-electron chi connectivity index (χ3n) is 6.40. The molecule has 0 saturated carbocycles. The van der Waals surface area contributed by atoms with Crippen LogP contribution in [0.1, 0.15) is 64.6 Å². The van der Waals surface area contributed by atoms with Crippen molar-refractivity contribution in [2.75, 3.05) is 19.7 Å². The van der Waals surface area contributed by atoms with E-state index < -0.39 is 17.6 Å². The molecule has 2 aromatic rings. The normalized spacial score (nSPS) is 21.3. The minimum Gasteiger partial charge on any atom is -0.465 e. The molecule has 0 N–H and O–H groups in total. The van der Waals surface area contributed by atoms with Gasteiger partial charge in [-0.15, -0.1) is 0 Å². The Morgan fingerprint density at radius 1 is 1.12 bits per heavy atom. The molecule has 1 aromatic heterocycles. The number of nitrogens with zero attached hydrogens (tertiary/aromatic N) is 2. The summed E-state index contributed by atoms with van der Waals surface area (Å²) in [6, 6.07) is 7.77. The molecule has 0 fully saturated rings. The SMILES string of the molecule is CCOC(=O)[C@@H]1c2c(c3ccccc3n2C(=O)OC(C)(C)C)CCN2CCC=C(CC)[C@@H]12. The summed E-state index contributed by atoms with van der Waals surface area (Å²) in [6.07, 6.45) is 4.43. The lowest BCUT2D eigenvalue weighted by Crippen LogP contribution is -2.46. The van der Waals surface area contributed by atoms with Crippen LogP contribution in [0.2, 0.25) is 0 Å². The van der Waals surface area contributed by atoms with E-state index in [1.165, 1.54) is 5.57 Å². The number of ether oxygens (including phenoxy) is 2. The lowest BCUT2D eigenvalue weighted by atomic mass is 9.84. The van der Waals surface area contributed by atoms with Gasteiger partial charge in [0.05, 0.1) is 12.1 Å². The Morgan fingerprint density at radius 2 is 1.88 bits per heavy atom. The van der Waals surface area contributed by atoms with Crippen molar-refractivity contribution in [1.82, 2.24) is 9.47 Å². The Balaban J connectivity index is 2.00. The van der Waals surface area contributed by atoms with Gasteiger partial charge in [0.2, 0.25) is 0 Å². The Labute approximate surface area is 190 Å². The Hall–Kier alpha value is -2.60. The quantitative estimate of drug-likeness (QED) is 0.496. The highest BCUT2D eigenvalue weighted by Crippen LogP contribution is 2.42. The molecule has 0 bridgehead atoms. The van der Waals surface area contributed by atoms with Gasteiger partial charge in [-0.25, -0.2) is 9.36 Å². The average molecular weight is 439 g/mol. The molecule has 2 aliphatic heterocycles. The van der Waals surface area contributed by atoms with Crippen molar-refractivity contribution in [2.24, 2.45) is 0 Å². The second kappa shape index (κ2) is 8.74. The highest BCUT2D eigenvalue weighted by Gasteiger charge is 2.45. The van der Waals surface area contributed by atoms with Crippen LogP contribution in [0.5, 0.6) is 0 Å². The molecule has 0 radical (unpaired) electrons. The van der Waals surface area contributed by atoms with Crippen LogP contribution in [-0.4, -0.2) is 52.9 Å². The number of aromatic nitrogens is 1. The van der Waals surface area contributed by atoms with Crippen LogP contribution in [0, 0.1) is 0 Å². The highest BCUT2D eigenvalue weighted by atomic mass is 16.6. The average Bonchev–Trinajstić information content (AvgIpc) is 2.95. The smallest absolute Gasteiger partial charge is 0.419 e. The van der Waals surface area contributed by atoms with Gasteiger partial charge in [0.15, 0.2) is 0 Å². The number of hydrogen-bond donors (Lipinski definition) is 0. The Kier molecular flexibility index (Phi) is 6.17. The van der Waals surface area contributed by atoms with Crippen molar-refractivity contribution in [2.45, 2.75) is 71.4 Å². The van der Waals surface area contributed by atoms with E-state index in [1.54, 1.807) is 4.57 Å². The topological polar surface area (TPSA) is 60.8 Å².